The lowest BCUT2D eigenvalue weighted by Gasteiger charge is -2.50. The molecule has 0 radical (unpaired) electrons. The molecule has 0 spiro atoms. The van der Waals surface area contributed by atoms with Crippen LogP contribution in [0.4, 0.5) is 0 Å². The standard InChI is InChI=1S/C28H34O6/c1-16-10-21-26(32,24(16)31)14-19(15-29)11-20-23-25(3,4)27(23,13-17(2)28(20,21)33)34-22(30)12-18-8-6-5-7-9-18/h5-11,17,20-21,23,29,32-33H,12-15H2,1-4H3/t17-,20?,21-,23+,26-,27+,28-/m1/s1. The lowest BCUT2D eigenvalue weighted by molar-refractivity contribution is -0.186. The van der Waals surface area contributed by atoms with Gasteiger partial charge < -0.3 is 20.1 Å². The van der Waals surface area contributed by atoms with Gasteiger partial charge in [0.15, 0.2) is 5.78 Å². The molecule has 0 saturated heterocycles. The first kappa shape index (κ1) is 23.5. The predicted molar refractivity (Wildman–Crippen MR) is 125 cm³/mol. The minimum Gasteiger partial charge on any atom is -0.458 e. The van der Waals surface area contributed by atoms with E-state index in [9.17, 15) is 24.9 Å². The maximum atomic E-state index is 13.0. The maximum Gasteiger partial charge on any atom is 0.310 e. The van der Waals surface area contributed by atoms with E-state index in [-0.39, 0.29) is 43.0 Å². The zero-order chi connectivity index (χ0) is 24.7. The van der Waals surface area contributed by atoms with Crippen molar-refractivity contribution in [1.29, 1.82) is 0 Å². The highest BCUT2D eigenvalue weighted by Gasteiger charge is 2.83. The van der Waals surface area contributed by atoms with Gasteiger partial charge in [-0.1, -0.05) is 63.3 Å². The van der Waals surface area contributed by atoms with E-state index in [1.807, 2.05) is 43.3 Å². The number of esters is 1. The summed E-state index contributed by atoms with van der Waals surface area (Å²) in [5.41, 5.74) is -2.50. The Balaban J connectivity index is 1.54. The molecule has 0 heterocycles. The summed E-state index contributed by atoms with van der Waals surface area (Å²) < 4.78 is 6.24. The number of ketones is 1. The fraction of sp³-hybridized carbons (Fsp3) is 0.571. The second-order valence-electron chi connectivity index (χ2n) is 11.5. The molecule has 4 aliphatic carbocycles. The molecule has 6 nitrogen and oxygen atoms in total. The highest BCUT2D eigenvalue weighted by Crippen LogP contribution is 2.76. The Bertz CT molecular complexity index is 1100. The molecule has 2 fully saturated rings. The van der Waals surface area contributed by atoms with Crippen LogP contribution in [-0.2, 0) is 20.7 Å². The largest absolute Gasteiger partial charge is 0.458 e. The van der Waals surface area contributed by atoms with Crippen LogP contribution in [0.5, 0.6) is 0 Å². The molecule has 1 aromatic rings. The number of hydrogen-bond acceptors (Lipinski definition) is 6. The van der Waals surface area contributed by atoms with Crippen molar-refractivity contribution in [3.63, 3.8) is 0 Å². The van der Waals surface area contributed by atoms with Gasteiger partial charge in [0.05, 0.1) is 18.6 Å². The Morgan fingerprint density at radius 1 is 1.15 bits per heavy atom. The number of rotatable bonds is 4. The second-order valence-corrected chi connectivity index (χ2v) is 11.5. The molecule has 2 saturated carbocycles. The topological polar surface area (TPSA) is 104 Å². The number of carbonyl (C=O) groups is 2. The summed E-state index contributed by atoms with van der Waals surface area (Å²) in [6, 6.07) is 9.47. The third-order valence-electron chi connectivity index (χ3n) is 9.36. The Hall–Kier alpha value is -2.28. The van der Waals surface area contributed by atoms with E-state index in [4.69, 9.17) is 4.74 Å². The van der Waals surface area contributed by atoms with Crippen molar-refractivity contribution >= 4 is 11.8 Å². The van der Waals surface area contributed by atoms with Crippen LogP contribution >= 0.6 is 0 Å². The Kier molecular flexibility index (Phi) is 5.08. The molecule has 1 aromatic carbocycles. The summed E-state index contributed by atoms with van der Waals surface area (Å²) in [5.74, 6) is -2.52. The molecule has 182 valence electrons. The minimum atomic E-state index is -1.78. The molecule has 34 heavy (non-hydrogen) atoms. The van der Waals surface area contributed by atoms with Gasteiger partial charge in [0, 0.05) is 29.6 Å². The fourth-order valence-corrected chi connectivity index (χ4v) is 7.60. The van der Waals surface area contributed by atoms with Crippen LogP contribution in [0, 0.1) is 29.1 Å². The van der Waals surface area contributed by atoms with Gasteiger partial charge in [0.25, 0.3) is 0 Å². The number of benzene rings is 1. The smallest absolute Gasteiger partial charge is 0.310 e. The fourth-order valence-electron chi connectivity index (χ4n) is 7.60. The quantitative estimate of drug-likeness (QED) is 0.466. The average molecular weight is 467 g/mol. The molecular formula is C28H34O6. The summed E-state index contributed by atoms with van der Waals surface area (Å²) >= 11 is 0. The second kappa shape index (κ2) is 7.36. The van der Waals surface area contributed by atoms with Crippen molar-refractivity contribution in [3.8, 4) is 0 Å². The summed E-state index contributed by atoms with van der Waals surface area (Å²) in [6.45, 7) is 7.37. The predicted octanol–water partition coefficient (Wildman–Crippen LogP) is 2.75. The normalized spacial score (nSPS) is 41.9. The number of Topliss-reactive ketones (excluding diaryl/α,β-unsaturated/α-hetero) is 1. The molecule has 0 amide bonds. The summed E-state index contributed by atoms with van der Waals surface area (Å²) in [7, 11) is 0. The van der Waals surface area contributed by atoms with E-state index in [2.05, 4.69) is 13.8 Å². The summed E-state index contributed by atoms with van der Waals surface area (Å²) in [4.78, 5) is 26.0. The molecule has 0 aromatic heterocycles. The van der Waals surface area contributed by atoms with Crippen LogP contribution in [0.25, 0.3) is 0 Å². The van der Waals surface area contributed by atoms with Crippen LogP contribution < -0.4 is 0 Å². The van der Waals surface area contributed by atoms with Crippen LogP contribution in [0.3, 0.4) is 0 Å². The van der Waals surface area contributed by atoms with E-state index in [0.717, 1.165) is 5.56 Å². The zero-order valence-corrected chi connectivity index (χ0v) is 20.2. The van der Waals surface area contributed by atoms with Crippen molar-refractivity contribution in [1.82, 2.24) is 0 Å². The van der Waals surface area contributed by atoms with Crippen molar-refractivity contribution in [2.45, 2.75) is 63.8 Å². The molecule has 5 rings (SSSR count). The Labute approximate surface area is 200 Å². The van der Waals surface area contributed by atoms with E-state index < -0.39 is 34.1 Å². The SMILES string of the molecule is CC1=C[C@H]2[C@]3(O)C(C=C(CO)C[C@]2(O)C1=O)[C@H]1C(C)(C)[C@]1(OC(=O)Cc1ccccc1)C[C@H]3C. The van der Waals surface area contributed by atoms with E-state index in [0.29, 0.717) is 17.6 Å². The third kappa shape index (κ3) is 2.91. The van der Waals surface area contributed by atoms with Gasteiger partial charge >= 0.3 is 5.97 Å². The van der Waals surface area contributed by atoms with Gasteiger partial charge in [0.2, 0.25) is 0 Å². The maximum absolute atomic E-state index is 13.0. The minimum absolute atomic E-state index is 0.0136. The Morgan fingerprint density at radius 2 is 1.82 bits per heavy atom. The van der Waals surface area contributed by atoms with Crippen molar-refractivity contribution in [2.75, 3.05) is 6.61 Å². The van der Waals surface area contributed by atoms with E-state index in [1.54, 1.807) is 13.0 Å². The van der Waals surface area contributed by atoms with E-state index >= 15 is 0 Å². The molecule has 1 unspecified atom stereocenters. The number of hydrogen-bond donors (Lipinski definition) is 3. The van der Waals surface area contributed by atoms with Gasteiger partial charge in [-0.2, -0.15) is 0 Å². The summed E-state index contributed by atoms with van der Waals surface area (Å²) in [6.07, 6.45) is 4.16. The first-order chi connectivity index (χ1) is 15.9. The van der Waals surface area contributed by atoms with Crippen molar-refractivity contribution in [2.24, 2.45) is 29.1 Å². The first-order valence-electron chi connectivity index (χ1n) is 12.2. The molecule has 7 atom stereocenters. The Morgan fingerprint density at radius 3 is 2.47 bits per heavy atom. The average Bonchev–Trinajstić information content (AvgIpc) is 3.18. The van der Waals surface area contributed by atoms with E-state index in [1.165, 1.54) is 0 Å². The lowest BCUT2D eigenvalue weighted by atomic mass is 9.60. The number of carbonyl (C=O) groups excluding carboxylic acids is 2. The summed E-state index contributed by atoms with van der Waals surface area (Å²) in [5, 5.41) is 33.9. The monoisotopic (exact) mass is 466 g/mol. The highest BCUT2D eigenvalue weighted by atomic mass is 16.6. The van der Waals surface area contributed by atoms with Crippen molar-refractivity contribution < 1.29 is 29.6 Å². The molecule has 0 bridgehead atoms. The molecule has 4 aliphatic rings. The lowest BCUT2D eigenvalue weighted by Crippen LogP contribution is -2.61. The molecular weight excluding hydrogens is 432 g/mol. The van der Waals surface area contributed by atoms with Gasteiger partial charge in [0.1, 0.15) is 11.2 Å². The van der Waals surface area contributed by atoms with Gasteiger partial charge in [-0.3, -0.25) is 9.59 Å². The van der Waals surface area contributed by atoms with Crippen LogP contribution in [0.2, 0.25) is 0 Å². The van der Waals surface area contributed by atoms with Gasteiger partial charge in [-0.05, 0) is 36.0 Å². The number of aliphatic hydroxyl groups excluding tert-OH is 1. The molecule has 6 heteroatoms. The first-order valence-corrected chi connectivity index (χ1v) is 12.2. The molecule has 0 aliphatic heterocycles. The third-order valence-corrected chi connectivity index (χ3v) is 9.36. The van der Waals surface area contributed by atoms with Crippen LogP contribution in [0.1, 0.15) is 46.1 Å². The van der Waals surface area contributed by atoms with Gasteiger partial charge in [-0.25, -0.2) is 0 Å². The number of fused-ring (bicyclic) bond motifs is 5. The van der Waals surface area contributed by atoms with Crippen LogP contribution in [0.15, 0.2) is 53.6 Å². The molecule has 3 N–H and O–H groups in total. The highest BCUT2D eigenvalue weighted by molar-refractivity contribution is 6.04. The van der Waals surface area contributed by atoms with Crippen LogP contribution in [-0.4, -0.2) is 50.5 Å². The number of ether oxygens (including phenoxy) is 1. The van der Waals surface area contributed by atoms with Crippen molar-refractivity contribution in [3.05, 3.63) is 59.2 Å². The number of aliphatic hydroxyl groups is 3. The van der Waals surface area contributed by atoms with Gasteiger partial charge in [-0.15, -0.1) is 0 Å². The zero-order valence-electron chi connectivity index (χ0n) is 20.2.